The highest BCUT2D eigenvalue weighted by Gasteiger charge is 2.30. The van der Waals surface area contributed by atoms with Crippen LogP contribution in [0.1, 0.15) is 98.8 Å². The highest BCUT2D eigenvalue weighted by atomic mass is 16.4. The number of amides is 3. The first-order valence-electron chi connectivity index (χ1n) is 12.1. The van der Waals surface area contributed by atoms with Gasteiger partial charge in [-0.2, -0.15) is 0 Å². The number of hydrogen-bond donors (Lipinski definition) is 4. The van der Waals surface area contributed by atoms with Crippen LogP contribution in [0.15, 0.2) is 0 Å². The lowest BCUT2D eigenvalue weighted by Gasteiger charge is -2.27. The Morgan fingerprint density at radius 2 is 1.38 bits per heavy atom. The van der Waals surface area contributed by atoms with Gasteiger partial charge in [-0.05, 0) is 18.8 Å². The van der Waals surface area contributed by atoms with E-state index in [1.807, 2.05) is 34.6 Å². The van der Waals surface area contributed by atoms with E-state index in [0.717, 1.165) is 57.8 Å². The van der Waals surface area contributed by atoms with Gasteiger partial charge in [0, 0.05) is 18.4 Å². The summed E-state index contributed by atoms with van der Waals surface area (Å²) < 4.78 is 0. The molecule has 0 spiro atoms. The van der Waals surface area contributed by atoms with E-state index in [2.05, 4.69) is 16.0 Å². The Kier molecular flexibility index (Phi) is 15.4. The van der Waals surface area contributed by atoms with Crippen molar-refractivity contribution in [2.24, 2.45) is 11.3 Å². The van der Waals surface area contributed by atoms with Crippen LogP contribution >= 0.6 is 0 Å². The summed E-state index contributed by atoms with van der Waals surface area (Å²) in [6, 6.07) is -0.502. The topological polar surface area (TPSA) is 125 Å². The summed E-state index contributed by atoms with van der Waals surface area (Å²) in [5.74, 6) is -1.38. The molecule has 0 rings (SSSR count). The van der Waals surface area contributed by atoms with Crippen LogP contribution in [-0.2, 0) is 19.2 Å². The molecule has 0 aromatic rings. The summed E-state index contributed by atoms with van der Waals surface area (Å²) >= 11 is 0. The maximum absolute atomic E-state index is 12.6. The second kappa shape index (κ2) is 16.5. The zero-order valence-corrected chi connectivity index (χ0v) is 20.7. The molecule has 0 saturated carbocycles. The van der Waals surface area contributed by atoms with Gasteiger partial charge >= 0.3 is 5.97 Å². The molecule has 32 heavy (non-hydrogen) atoms. The van der Waals surface area contributed by atoms with Crippen LogP contribution in [0, 0.1) is 11.3 Å². The number of aliphatic carboxylic acids is 1. The first-order chi connectivity index (χ1) is 15.0. The fourth-order valence-corrected chi connectivity index (χ4v) is 3.12. The molecule has 0 radical (unpaired) electrons. The minimum absolute atomic E-state index is 0.0737. The average molecular weight is 456 g/mol. The van der Waals surface area contributed by atoms with Gasteiger partial charge in [-0.15, -0.1) is 0 Å². The van der Waals surface area contributed by atoms with Gasteiger partial charge in [0.1, 0.15) is 12.6 Å². The predicted molar refractivity (Wildman–Crippen MR) is 126 cm³/mol. The number of carbonyl (C=O) groups is 4. The summed E-state index contributed by atoms with van der Waals surface area (Å²) in [4.78, 5) is 46.6. The number of unbranched alkanes of at least 4 members (excludes halogenated alkanes) is 7. The van der Waals surface area contributed by atoms with Gasteiger partial charge in [0.25, 0.3) is 0 Å². The Labute approximate surface area is 193 Å². The lowest BCUT2D eigenvalue weighted by atomic mass is 9.92. The minimum Gasteiger partial charge on any atom is -0.480 e. The Hall–Kier alpha value is -2.12. The number of carboxylic acids is 1. The predicted octanol–water partition coefficient (Wildman–Crippen LogP) is 3.39. The van der Waals surface area contributed by atoms with Gasteiger partial charge in [-0.3, -0.25) is 19.2 Å². The zero-order valence-electron chi connectivity index (χ0n) is 20.7. The molecule has 0 heterocycles. The van der Waals surface area contributed by atoms with Crippen molar-refractivity contribution in [2.45, 2.75) is 105 Å². The lowest BCUT2D eigenvalue weighted by molar-refractivity contribution is -0.138. The van der Waals surface area contributed by atoms with E-state index in [-0.39, 0.29) is 30.2 Å². The van der Waals surface area contributed by atoms with Crippen molar-refractivity contribution in [3.63, 3.8) is 0 Å². The van der Waals surface area contributed by atoms with Crippen LogP contribution in [0.2, 0.25) is 0 Å². The van der Waals surface area contributed by atoms with Crippen LogP contribution in [0.5, 0.6) is 0 Å². The summed E-state index contributed by atoms with van der Waals surface area (Å²) in [6.07, 6.45) is 9.28. The molecule has 8 nitrogen and oxygen atoms in total. The Morgan fingerprint density at radius 1 is 0.844 bits per heavy atom. The average Bonchev–Trinajstić information content (AvgIpc) is 2.72. The first kappa shape index (κ1) is 29.9. The first-order valence-corrected chi connectivity index (χ1v) is 12.1. The van der Waals surface area contributed by atoms with E-state index < -0.39 is 17.4 Å². The van der Waals surface area contributed by atoms with Gasteiger partial charge in [-0.25, -0.2) is 0 Å². The molecule has 0 aliphatic rings. The number of carbonyl (C=O) groups excluding carboxylic acids is 3. The molecule has 0 bridgehead atoms. The molecule has 2 atom stereocenters. The van der Waals surface area contributed by atoms with E-state index in [9.17, 15) is 19.2 Å². The van der Waals surface area contributed by atoms with Crippen LogP contribution in [-0.4, -0.2) is 47.9 Å². The molecule has 3 amide bonds. The van der Waals surface area contributed by atoms with E-state index >= 15 is 0 Å². The summed E-state index contributed by atoms with van der Waals surface area (Å²) in [7, 11) is 0. The molecular weight excluding hydrogens is 410 g/mol. The highest BCUT2D eigenvalue weighted by molar-refractivity contribution is 5.89. The SMILES string of the molecule is CCC(C)C(NC(=O)C(C)(C)C)C(=O)NCCCCCCCCCCC(=O)NCC(=O)O. The third kappa shape index (κ3) is 14.8. The van der Waals surface area contributed by atoms with Gasteiger partial charge < -0.3 is 21.1 Å². The van der Waals surface area contributed by atoms with Crippen LogP contribution in [0.25, 0.3) is 0 Å². The van der Waals surface area contributed by atoms with E-state index in [4.69, 9.17) is 5.11 Å². The van der Waals surface area contributed by atoms with E-state index in [1.54, 1.807) is 0 Å². The third-order valence-corrected chi connectivity index (χ3v) is 5.53. The fraction of sp³-hybridized carbons (Fsp3) is 0.833. The Balaban J connectivity index is 3.87. The number of hydrogen-bond acceptors (Lipinski definition) is 4. The number of rotatable bonds is 17. The minimum atomic E-state index is -1.03. The third-order valence-electron chi connectivity index (χ3n) is 5.53. The van der Waals surface area contributed by atoms with Gasteiger partial charge in [0.15, 0.2) is 0 Å². The van der Waals surface area contributed by atoms with Crippen LogP contribution in [0.3, 0.4) is 0 Å². The molecule has 186 valence electrons. The maximum Gasteiger partial charge on any atom is 0.322 e. The number of carboxylic acid groups (broad SMARTS) is 1. The molecule has 0 fully saturated rings. The maximum atomic E-state index is 12.6. The monoisotopic (exact) mass is 455 g/mol. The zero-order chi connectivity index (χ0) is 24.6. The van der Waals surface area contributed by atoms with E-state index in [1.165, 1.54) is 0 Å². The molecule has 0 aliphatic heterocycles. The van der Waals surface area contributed by atoms with Gasteiger partial charge in [0.2, 0.25) is 17.7 Å². The molecule has 2 unspecified atom stereocenters. The van der Waals surface area contributed by atoms with Crippen molar-refractivity contribution in [1.29, 1.82) is 0 Å². The second-order valence-electron chi connectivity index (χ2n) is 9.63. The van der Waals surface area contributed by atoms with Crippen LogP contribution in [0.4, 0.5) is 0 Å². The lowest BCUT2D eigenvalue weighted by Crippen LogP contribution is -2.52. The molecule has 0 aromatic carbocycles. The second-order valence-corrected chi connectivity index (χ2v) is 9.63. The van der Waals surface area contributed by atoms with Crippen molar-refractivity contribution in [1.82, 2.24) is 16.0 Å². The molecule has 0 aromatic heterocycles. The quantitative estimate of drug-likeness (QED) is 0.250. The van der Waals surface area contributed by atoms with Crippen molar-refractivity contribution in [3.8, 4) is 0 Å². The smallest absolute Gasteiger partial charge is 0.322 e. The molecular formula is C24H45N3O5. The van der Waals surface area contributed by atoms with Crippen molar-refractivity contribution < 1.29 is 24.3 Å². The van der Waals surface area contributed by atoms with Crippen molar-refractivity contribution >= 4 is 23.7 Å². The van der Waals surface area contributed by atoms with Crippen LogP contribution < -0.4 is 16.0 Å². The largest absolute Gasteiger partial charge is 0.480 e. The van der Waals surface area contributed by atoms with E-state index in [0.29, 0.717) is 13.0 Å². The Bertz CT molecular complexity index is 587. The van der Waals surface area contributed by atoms with Crippen molar-refractivity contribution in [3.05, 3.63) is 0 Å². The normalized spacial score (nSPS) is 13.2. The number of nitrogens with one attached hydrogen (secondary N) is 3. The van der Waals surface area contributed by atoms with Crippen molar-refractivity contribution in [2.75, 3.05) is 13.1 Å². The molecule has 0 aliphatic carbocycles. The Morgan fingerprint density at radius 3 is 1.88 bits per heavy atom. The highest BCUT2D eigenvalue weighted by Crippen LogP contribution is 2.16. The van der Waals surface area contributed by atoms with Gasteiger partial charge in [0.05, 0.1) is 0 Å². The van der Waals surface area contributed by atoms with Gasteiger partial charge in [-0.1, -0.05) is 79.6 Å². The molecule has 8 heteroatoms. The fourth-order valence-electron chi connectivity index (χ4n) is 3.12. The molecule has 4 N–H and O–H groups in total. The standard InChI is InChI=1S/C24H45N3O5/c1-6-18(2)21(27-23(32)24(3,4)5)22(31)25-16-14-12-10-8-7-9-11-13-15-19(28)26-17-20(29)30/h18,21H,6-17H2,1-5H3,(H,25,31)(H,26,28)(H,27,32)(H,29,30). The molecule has 0 saturated heterocycles. The summed E-state index contributed by atoms with van der Waals surface area (Å²) in [6.45, 7) is 9.82. The summed E-state index contributed by atoms with van der Waals surface area (Å²) in [5, 5.41) is 16.7. The summed E-state index contributed by atoms with van der Waals surface area (Å²) in [5.41, 5.74) is -0.529.